The first-order valence-electron chi connectivity index (χ1n) is 12.6. The van der Waals surface area contributed by atoms with E-state index in [-0.39, 0.29) is 53.6 Å². The van der Waals surface area contributed by atoms with Gasteiger partial charge in [0.25, 0.3) is 11.8 Å². The van der Waals surface area contributed by atoms with Crippen LogP contribution in [0.1, 0.15) is 66.4 Å². The first kappa shape index (κ1) is 26.8. The number of fused-ring (bicyclic) bond motifs is 2. The van der Waals surface area contributed by atoms with E-state index < -0.39 is 28.5 Å². The minimum absolute atomic E-state index is 0.0776. The number of nitrogens with zero attached hydrogens (tertiary/aromatic N) is 2. The number of hydrogen-bond acceptors (Lipinski definition) is 5. The van der Waals surface area contributed by atoms with Crippen molar-refractivity contribution in [3.8, 4) is 5.75 Å². The molecule has 8 nitrogen and oxygen atoms in total. The van der Waals surface area contributed by atoms with Crippen molar-refractivity contribution in [1.29, 1.82) is 0 Å². The molecule has 1 aliphatic carbocycles. The van der Waals surface area contributed by atoms with Gasteiger partial charge in [0.1, 0.15) is 17.2 Å². The highest BCUT2D eigenvalue weighted by molar-refractivity contribution is 5.99. The smallest absolute Gasteiger partial charge is 0.274 e. The fraction of sp³-hybridized carbons (Fsp3) is 0.519. The molecule has 1 aliphatic heterocycles. The molecule has 1 saturated carbocycles. The van der Waals surface area contributed by atoms with Gasteiger partial charge in [-0.15, -0.1) is 0 Å². The molecule has 1 N–H and O–H groups in total. The van der Waals surface area contributed by atoms with Crippen molar-refractivity contribution in [2.45, 2.75) is 58.2 Å². The van der Waals surface area contributed by atoms with Gasteiger partial charge in [0.15, 0.2) is 11.4 Å². The molecule has 1 spiro atoms. The van der Waals surface area contributed by atoms with Gasteiger partial charge >= 0.3 is 0 Å². The SMILES string of the molecule is CCCCOc1c2n(cc(C(=O)NCc3ccc(F)cc3F)c1=O)[C@@]1(C[C@@H]1COC)CN(C(C)C)C2=O. The van der Waals surface area contributed by atoms with Gasteiger partial charge in [0.05, 0.1) is 18.8 Å². The quantitative estimate of drug-likeness (QED) is 0.488. The van der Waals surface area contributed by atoms with E-state index in [0.717, 1.165) is 18.6 Å². The third kappa shape index (κ3) is 4.99. The van der Waals surface area contributed by atoms with Crippen molar-refractivity contribution in [1.82, 2.24) is 14.8 Å². The van der Waals surface area contributed by atoms with Gasteiger partial charge in [0.2, 0.25) is 5.43 Å². The number of pyridine rings is 1. The summed E-state index contributed by atoms with van der Waals surface area (Å²) in [6.45, 7) is 6.67. The molecule has 1 aromatic carbocycles. The number of carbonyl (C=O) groups is 2. The van der Waals surface area contributed by atoms with Gasteiger partial charge in [-0.2, -0.15) is 0 Å². The van der Waals surface area contributed by atoms with Crippen LogP contribution in [0.3, 0.4) is 0 Å². The van der Waals surface area contributed by atoms with Gasteiger partial charge in [-0.25, -0.2) is 8.78 Å². The lowest BCUT2D eigenvalue weighted by Gasteiger charge is -2.40. The summed E-state index contributed by atoms with van der Waals surface area (Å²) >= 11 is 0. The lowest BCUT2D eigenvalue weighted by atomic mass is 10.0. The second-order valence-corrected chi connectivity index (χ2v) is 10.0. The monoisotopic (exact) mass is 517 g/mol. The van der Waals surface area contributed by atoms with Gasteiger partial charge in [0, 0.05) is 50.0 Å². The fourth-order valence-corrected chi connectivity index (χ4v) is 4.96. The molecule has 10 heteroatoms. The van der Waals surface area contributed by atoms with Crippen LogP contribution in [0, 0.1) is 17.6 Å². The van der Waals surface area contributed by atoms with E-state index in [1.54, 1.807) is 16.6 Å². The van der Waals surface area contributed by atoms with E-state index >= 15 is 0 Å². The third-order valence-corrected chi connectivity index (χ3v) is 7.19. The summed E-state index contributed by atoms with van der Waals surface area (Å²) in [7, 11) is 1.61. The van der Waals surface area contributed by atoms with E-state index in [9.17, 15) is 23.2 Å². The molecule has 0 unspecified atom stereocenters. The average molecular weight is 518 g/mol. The molecule has 2 aliphatic rings. The average Bonchev–Trinajstić information content (AvgIpc) is 3.54. The zero-order valence-electron chi connectivity index (χ0n) is 21.6. The summed E-state index contributed by atoms with van der Waals surface area (Å²) in [6.07, 6.45) is 3.62. The number of nitrogens with one attached hydrogen (secondary N) is 1. The van der Waals surface area contributed by atoms with Crippen LogP contribution in [0.5, 0.6) is 5.75 Å². The van der Waals surface area contributed by atoms with E-state index in [4.69, 9.17) is 9.47 Å². The molecule has 2 atom stereocenters. The number of halogens is 2. The molecule has 4 rings (SSSR count). The number of ether oxygens (including phenoxy) is 2. The van der Waals surface area contributed by atoms with E-state index in [1.807, 2.05) is 20.8 Å². The van der Waals surface area contributed by atoms with Gasteiger partial charge < -0.3 is 24.3 Å². The van der Waals surface area contributed by atoms with Crippen molar-refractivity contribution < 1.29 is 27.8 Å². The lowest BCUT2D eigenvalue weighted by molar-refractivity contribution is 0.0540. The summed E-state index contributed by atoms with van der Waals surface area (Å²) in [5.74, 6) is -2.65. The minimum atomic E-state index is -0.801. The first-order chi connectivity index (χ1) is 17.6. The molecular formula is C27H33F2N3O5. The second kappa shape index (κ2) is 10.6. The van der Waals surface area contributed by atoms with E-state index in [0.29, 0.717) is 26.0 Å². The Hall–Kier alpha value is -3.27. The largest absolute Gasteiger partial charge is 0.487 e. The number of benzene rings is 1. The maximum Gasteiger partial charge on any atom is 0.274 e. The molecule has 1 aromatic heterocycles. The van der Waals surface area contributed by atoms with Crippen LogP contribution in [0.4, 0.5) is 8.78 Å². The molecule has 2 amide bonds. The summed E-state index contributed by atoms with van der Waals surface area (Å²) in [5, 5.41) is 2.55. The Morgan fingerprint density at radius 2 is 2.03 bits per heavy atom. The van der Waals surface area contributed by atoms with Gasteiger partial charge in [-0.1, -0.05) is 19.4 Å². The number of rotatable bonds is 10. The van der Waals surface area contributed by atoms with Crippen LogP contribution in [0.25, 0.3) is 0 Å². The van der Waals surface area contributed by atoms with Crippen LogP contribution in [0.2, 0.25) is 0 Å². The summed E-state index contributed by atoms with van der Waals surface area (Å²) in [4.78, 5) is 42.0. The molecule has 0 saturated heterocycles. The standard InChI is InChI=1S/C27H33F2N3O5/c1-5-6-9-37-24-22-26(35)31(16(2)3)15-27(11-18(27)14-36-4)32(22)13-20(23(24)33)25(34)30-12-17-7-8-19(28)10-21(17)29/h7-8,10,13,16,18H,5-6,9,11-12,14-15H2,1-4H3,(H,30,34)/t18-,27+/m1/s1. The molecule has 200 valence electrons. The Morgan fingerprint density at radius 3 is 2.68 bits per heavy atom. The molecule has 2 heterocycles. The number of aromatic nitrogens is 1. The highest BCUT2D eigenvalue weighted by Crippen LogP contribution is 2.54. The van der Waals surface area contributed by atoms with Crippen LogP contribution in [0.15, 0.2) is 29.2 Å². The van der Waals surface area contributed by atoms with Crippen LogP contribution >= 0.6 is 0 Å². The van der Waals surface area contributed by atoms with Gasteiger partial charge in [-0.3, -0.25) is 14.4 Å². The Balaban J connectivity index is 1.78. The lowest BCUT2D eigenvalue weighted by Crippen LogP contribution is -2.52. The fourth-order valence-electron chi connectivity index (χ4n) is 4.96. The van der Waals surface area contributed by atoms with Crippen LogP contribution in [-0.2, 0) is 16.8 Å². The minimum Gasteiger partial charge on any atom is -0.487 e. The Kier molecular flexibility index (Phi) is 7.68. The first-order valence-corrected chi connectivity index (χ1v) is 12.6. The summed E-state index contributed by atoms with van der Waals surface area (Å²) in [6, 6.07) is 2.96. The van der Waals surface area contributed by atoms with Crippen molar-refractivity contribution in [3.63, 3.8) is 0 Å². The van der Waals surface area contributed by atoms with Crippen molar-refractivity contribution >= 4 is 11.8 Å². The van der Waals surface area contributed by atoms with Crippen molar-refractivity contribution in [2.75, 3.05) is 26.9 Å². The van der Waals surface area contributed by atoms with Crippen molar-refractivity contribution in [2.24, 2.45) is 5.92 Å². The number of hydrogen-bond donors (Lipinski definition) is 1. The number of carbonyl (C=O) groups excluding carboxylic acids is 2. The Labute approximate surface area is 214 Å². The predicted molar refractivity (Wildman–Crippen MR) is 133 cm³/mol. The second-order valence-electron chi connectivity index (χ2n) is 10.0. The maximum absolute atomic E-state index is 14.1. The molecule has 0 bridgehead atoms. The molecular weight excluding hydrogens is 484 g/mol. The maximum atomic E-state index is 14.1. The normalized spacial score (nSPS) is 20.4. The summed E-state index contributed by atoms with van der Waals surface area (Å²) < 4.78 is 40.3. The zero-order valence-corrected chi connectivity index (χ0v) is 21.6. The topological polar surface area (TPSA) is 89.9 Å². The molecule has 37 heavy (non-hydrogen) atoms. The molecule has 1 fully saturated rings. The van der Waals surface area contributed by atoms with Gasteiger partial charge in [-0.05, 0) is 32.8 Å². The highest BCUT2D eigenvalue weighted by atomic mass is 19.1. The predicted octanol–water partition coefficient (Wildman–Crippen LogP) is 3.46. The van der Waals surface area contributed by atoms with Crippen LogP contribution < -0.4 is 15.5 Å². The van der Waals surface area contributed by atoms with E-state index in [2.05, 4.69) is 5.32 Å². The highest BCUT2D eigenvalue weighted by Gasteiger charge is 2.61. The zero-order chi connectivity index (χ0) is 26.9. The number of amides is 2. The molecule has 0 radical (unpaired) electrons. The summed E-state index contributed by atoms with van der Waals surface area (Å²) in [5.41, 5.74) is -1.21. The Morgan fingerprint density at radius 1 is 1.27 bits per heavy atom. The van der Waals surface area contributed by atoms with E-state index in [1.165, 1.54) is 12.3 Å². The molecule has 2 aromatic rings. The van der Waals surface area contributed by atoms with Crippen molar-refractivity contribution in [3.05, 3.63) is 63.1 Å². The Bertz CT molecular complexity index is 1260. The third-order valence-electron chi connectivity index (χ3n) is 7.19. The number of methoxy groups -OCH3 is 1. The van der Waals surface area contributed by atoms with Crippen LogP contribution in [-0.4, -0.2) is 54.2 Å². The number of unbranched alkanes of at least 4 members (excludes halogenated alkanes) is 1.